The van der Waals surface area contributed by atoms with Crippen LogP contribution in [-0.4, -0.2) is 60.9 Å². The molecule has 3 amide bonds. The molecular weight excluding hydrogens is 643 g/mol. The first-order chi connectivity index (χ1) is 23.0. The third kappa shape index (κ3) is 6.56. The number of nitrogens with zero attached hydrogens (tertiary/aromatic N) is 4. The molecule has 4 aromatic rings. The Morgan fingerprint density at radius 2 is 1.80 bits per heavy atom. The molecule has 15 heteroatoms. The fraction of sp³-hybridized carbons (Fsp3) is 0.265. The largest absolute Gasteiger partial charge is 0.478 e. The standard InChI is InChI=1S/C34H34F3N7O5/c1-6-42(7-2)32(29(38)45)44-19(5)28(33(48)49)18(4)27(44)14-25-24-9-8-22(13-26(24)41-31(25)47)40-30(46)20-10-21(34(35,36)37)12-23(11-20)43-15-17(3)39-16-43/h8-16,32H,6-7H2,1-5H3,(H2,38,45)(H,40,46)(H,41,47)(H,48,49). The summed E-state index contributed by atoms with van der Waals surface area (Å²) in [4.78, 5) is 57.4. The summed E-state index contributed by atoms with van der Waals surface area (Å²) in [5.74, 6) is -3.26. The number of rotatable bonds is 10. The number of hydrogen-bond acceptors (Lipinski definition) is 6. The van der Waals surface area contributed by atoms with Gasteiger partial charge in [0.2, 0.25) is 0 Å². The Morgan fingerprint density at radius 3 is 2.37 bits per heavy atom. The highest BCUT2D eigenvalue weighted by Crippen LogP contribution is 2.38. The molecule has 3 heterocycles. The third-order valence-electron chi connectivity index (χ3n) is 8.47. The zero-order chi connectivity index (χ0) is 35.9. The number of aryl methyl sites for hydroxylation is 1. The fourth-order valence-electron chi connectivity index (χ4n) is 6.10. The molecule has 12 nitrogen and oxygen atoms in total. The Kier molecular flexibility index (Phi) is 9.24. The average molecular weight is 678 g/mol. The van der Waals surface area contributed by atoms with Gasteiger partial charge in [0.05, 0.1) is 34.4 Å². The maximum Gasteiger partial charge on any atom is 0.416 e. The molecule has 0 aliphatic carbocycles. The number of alkyl halides is 3. The molecule has 0 bridgehead atoms. The van der Waals surface area contributed by atoms with E-state index < -0.39 is 41.6 Å². The highest BCUT2D eigenvalue weighted by molar-refractivity contribution is 6.35. The second-order valence-electron chi connectivity index (χ2n) is 11.6. The molecule has 1 aliphatic heterocycles. The molecule has 1 aliphatic rings. The Bertz CT molecular complexity index is 2040. The summed E-state index contributed by atoms with van der Waals surface area (Å²) in [6.07, 6.45) is -1.38. The minimum absolute atomic E-state index is 0.0251. The lowest BCUT2D eigenvalue weighted by Gasteiger charge is -2.30. The van der Waals surface area contributed by atoms with E-state index in [1.165, 1.54) is 45.9 Å². The zero-order valence-corrected chi connectivity index (χ0v) is 27.3. The molecule has 2 aromatic heterocycles. The predicted octanol–water partition coefficient (Wildman–Crippen LogP) is 5.39. The van der Waals surface area contributed by atoms with Gasteiger partial charge in [-0.05, 0) is 75.8 Å². The van der Waals surface area contributed by atoms with Gasteiger partial charge in [0.15, 0.2) is 6.17 Å². The van der Waals surface area contributed by atoms with E-state index in [1.54, 1.807) is 31.7 Å². The van der Waals surface area contributed by atoms with Crippen LogP contribution in [0.25, 0.3) is 17.3 Å². The molecule has 0 fully saturated rings. The first kappa shape index (κ1) is 34.6. The number of carbonyl (C=O) groups excluding carboxylic acids is 3. The van der Waals surface area contributed by atoms with Crippen molar-refractivity contribution in [2.24, 2.45) is 5.73 Å². The number of nitrogens with one attached hydrogen (secondary N) is 2. The number of anilines is 2. The van der Waals surface area contributed by atoms with Crippen molar-refractivity contribution in [1.29, 1.82) is 0 Å². The van der Waals surface area contributed by atoms with Gasteiger partial charge < -0.3 is 30.6 Å². The summed E-state index contributed by atoms with van der Waals surface area (Å²) >= 11 is 0. The van der Waals surface area contributed by atoms with Crippen LogP contribution in [0, 0.1) is 20.8 Å². The number of nitrogens with two attached hydrogens (primary N) is 1. The van der Waals surface area contributed by atoms with E-state index in [9.17, 15) is 37.5 Å². The van der Waals surface area contributed by atoms with E-state index in [0.29, 0.717) is 41.3 Å². The zero-order valence-electron chi connectivity index (χ0n) is 27.3. The molecule has 1 unspecified atom stereocenters. The van der Waals surface area contributed by atoms with E-state index in [-0.39, 0.29) is 33.8 Å². The van der Waals surface area contributed by atoms with Crippen LogP contribution in [0.15, 0.2) is 48.9 Å². The summed E-state index contributed by atoms with van der Waals surface area (Å²) in [5.41, 5.74) is 7.19. The molecule has 0 saturated carbocycles. The highest BCUT2D eigenvalue weighted by Gasteiger charge is 2.34. The summed E-state index contributed by atoms with van der Waals surface area (Å²) in [7, 11) is 0. The summed E-state index contributed by atoms with van der Waals surface area (Å²) in [5, 5.41) is 15.3. The van der Waals surface area contributed by atoms with Gasteiger partial charge in [-0.25, -0.2) is 9.78 Å². The minimum Gasteiger partial charge on any atom is -0.478 e. The molecule has 0 radical (unpaired) electrons. The van der Waals surface area contributed by atoms with Crippen LogP contribution in [0.2, 0.25) is 0 Å². The van der Waals surface area contributed by atoms with Crippen molar-refractivity contribution in [3.8, 4) is 5.69 Å². The van der Waals surface area contributed by atoms with Gasteiger partial charge in [-0.15, -0.1) is 0 Å². The van der Waals surface area contributed by atoms with E-state index in [1.807, 2.05) is 13.8 Å². The number of hydrogen-bond donors (Lipinski definition) is 4. The van der Waals surface area contributed by atoms with Crippen LogP contribution in [-0.2, 0) is 15.8 Å². The van der Waals surface area contributed by atoms with Gasteiger partial charge in [0, 0.05) is 40.1 Å². The average Bonchev–Trinajstić information content (AvgIpc) is 3.67. The first-order valence-electron chi connectivity index (χ1n) is 15.3. The van der Waals surface area contributed by atoms with Gasteiger partial charge >= 0.3 is 12.1 Å². The molecular formula is C34H34F3N7O5. The van der Waals surface area contributed by atoms with Crippen LogP contribution >= 0.6 is 0 Å². The molecule has 1 atom stereocenters. The third-order valence-corrected chi connectivity index (χ3v) is 8.47. The lowest BCUT2D eigenvalue weighted by Crippen LogP contribution is -2.42. The molecule has 2 aromatic carbocycles. The van der Waals surface area contributed by atoms with E-state index in [0.717, 1.165) is 12.1 Å². The Morgan fingerprint density at radius 1 is 1.10 bits per heavy atom. The van der Waals surface area contributed by atoms with Crippen molar-refractivity contribution in [3.63, 3.8) is 0 Å². The maximum absolute atomic E-state index is 13.8. The number of carboxylic acid groups (broad SMARTS) is 1. The van der Waals surface area contributed by atoms with Crippen LogP contribution in [0.1, 0.15) is 74.5 Å². The fourth-order valence-corrected chi connectivity index (χ4v) is 6.10. The Labute approximate surface area is 279 Å². The van der Waals surface area contributed by atoms with Gasteiger partial charge in [-0.1, -0.05) is 19.9 Å². The monoisotopic (exact) mass is 677 g/mol. The number of halogens is 3. The van der Waals surface area contributed by atoms with Gasteiger partial charge in [0.1, 0.15) is 0 Å². The van der Waals surface area contributed by atoms with Gasteiger partial charge in [-0.2, -0.15) is 13.2 Å². The number of aromatic carboxylic acids is 1. The number of aromatic nitrogens is 3. The van der Waals surface area contributed by atoms with E-state index >= 15 is 0 Å². The van der Waals surface area contributed by atoms with Crippen LogP contribution < -0.4 is 16.4 Å². The van der Waals surface area contributed by atoms with Crippen LogP contribution in [0.3, 0.4) is 0 Å². The second-order valence-corrected chi connectivity index (χ2v) is 11.6. The SMILES string of the molecule is CCN(CC)C(C(N)=O)n1c(C)c(C(=O)O)c(C)c1C=C1C(=O)Nc2cc(NC(=O)c3cc(-n4cnc(C)c4)cc(C(F)(F)F)c3)ccc21. The van der Waals surface area contributed by atoms with E-state index in [2.05, 4.69) is 15.6 Å². The predicted molar refractivity (Wildman–Crippen MR) is 176 cm³/mol. The molecule has 49 heavy (non-hydrogen) atoms. The van der Waals surface area contributed by atoms with Gasteiger partial charge in [0.25, 0.3) is 17.7 Å². The van der Waals surface area contributed by atoms with E-state index in [4.69, 9.17) is 5.73 Å². The minimum atomic E-state index is -4.72. The lowest BCUT2D eigenvalue weighted by molar-refractivity contribution is -0.137. The molecule has 0 saturated heterocycles. The normalized spacial score (nSPS) is 14.2. The topological polar surface area (TPSA) is 165 Å². The number of likely N-dealkylation sites (N-methyl/N-ethyl adjacent to an activating group) is 1. The Hall–Kier alpha value is -5.70. The number of imidazole rings is 1. The van der Waals surface area contributed by atoms with Crippen molar-refractivity contribution in [3.05, 3.63) is 93.8 Å². The van der Waals surface area contributed by atoms with Crippen molar-refractivity contribution in [1.82, 2.24) is 19.0 Å². The van der Waals surface area contributed by atoms with Crippen molar-refractivity contribution in [2.75, 3.05) is 23.7 Å². The highest BCUT2D eigenvalue weighted by atomic mass is 19.4. The molecule has 0 spiro atoms. The molecule has 5 N–H and O–H groups in total. The van der Waals surface area contributed by atoms with Gasteiger partial charge in [-0.3, -0.25) is 19.3 Å². The number of carbonyl (C=O) groups is 4. The lowest BCUT2D eigenvalue weighted by atomic mass is 10.0. The molecule has 5 rings (SSSR count). The summed E-state index contributed by atoms with van der Waals surface area (Å²) < 4.78 is 44.2. The number of primary amides is 1. The Balaban J connectivity index is 1.53. The number of fused-ring (bicyclic) bond motifs is 1. The van der Waals surface area contributed by atoms with Crippen molar-refractivity contribution < 1.29 is 37.5 Å². The number of amides is 3. The quantitative estimate of drug-likeness (QED) is 0.164. The molecule has 256 valence electrons. The summed E-state index contributed by atoms with van der Waals surface area (Å²) in [6, 6.07) is 7.47. The van der Waals surface area contributed by atoms with Crippen LogP contribution in [0.5, 0.6) is 0 Å². The van der Waals surface area contributed by atoms with Crippen molar-refractivity contribution in [2.45, 2.75) is 47.0 Å². The maximum atomic E-state index is 13.8. The number of benzene rings is 2. The summed E-state index contributed by atoms with van der Waals surface area (Å²) in [6.45, 7) is 9.38. The first-order valence-corrected chi connectivity index (χ1v) is 15.3. The van der Waals surface area contributed by atoms with Crippen molar-refractivity contribution >= 4 is 46.7 Å². The second kappa shape index (κ2) is 13.1. The van der Waals surface area contributed by atoms with Crippen LogP contribution in [0.4, 0.5) is 24.5 Å². The smallest absolute Gasteiger partial charge is 0.416 e. The number of carboxylic acids is 1.